The first-order chi connectivity index (χ1) is 6.48. The van der Waals surface area contributed by atoms with Crippen LogP contribution in [0, 0.1) is 0 Å². The van der Waals surface area contributed by atoms with Crippen LogP contribution in [0.3, 0.4) is 0 Å². The highest BCUT2D eigenvalue weighted by molar-refractivity contribution is 7.89. The number of rotatable bonds is 1. The lowest BCUT2D eigenvalue weighted by atomic mass is 10.1. The molecule has 6 heteroatoms. The van der Waals surface area contributed by atoms with Crippen molar-refractivity contribution in [2.24, 2.45) is 5.14 Å². The smallest absolute Gasteiger partial charge is 0.238 e. The van der Waals surface area contributed by atoms with Gasteiger partial charge in [-0.25, -0.2) is 13.6 Å². The highest BCUT2D eigenvalue weighted by atomic mass is 32.2. The quantitative estimate of drug-likeness (QED) is 0.635. The molecule has 0 bridgehead atoms. The molecule has 2 rings (SSSR count). The van der Waals surface area contributed by atoms with Crippen LogP contribution in [-0.4, -0.2) is 15.0 Å². The van der Waals surface area contributed by atoms with Gasteiger partial charge in [-0.3, -0.25) is 0 Å². The van der Waals surface area contributed by atoms with Crippen molar-refractivity contribution in [3.8, 4) is 5.75 Å². The molecule has 5 nitrogen and oxygen atoms in total. The Morgan fingerprint density at radius 1 is 1.36 bits per heavy atom. The van der Waals surface area contributed by atoms with E-state index in [4.69, 9.17) is 15.6 Å². The van der Waals surface area contributed by atoms with Gasteiger partial charge >= 0.3 is 0 Å². The molecule has 1 aliphatic rings. The number of hydrogen-bond acceptors (Lipinski definition) is 4. The molecule has 0 spiro atoms. The van der Waals surface area contributed by atoms with Crippen molar-refractivity contribution in [1.82, 2.24) is 0 Å². The minimum atomic E-state index is -3.68. The molecule has 0 saturated heterocycles. The number of sulfonamides is 1. The molecule has 0 saturated carbocycles. The lowest BCUT2D eigenvalue weighted by molar-refractivity contribution is 0.358. The molecule has 0 radical (unpaired) electrons. The van der Waals surface area contributed by atoms with Gasteiger partial charge in [-0.15, -0.1) is 0 Å². The average Bonchev–Trinajstić information content (AvgIpc) is 2.50. The van der Waals surface area contributed by atoms with Crippen LogP contribution in [0.4, 0.5) is 5.69 Å². The molecule has 0 amide bonds. The van der Waals surface area contributed by atoms with Gasteiger partial charge in [0.15, 0.2) is 0 Å². The van der Waals surface area contributed by atoms with Crippen molar-refractivity contribution in [2.75, 3.05) is 12.3 Å². The van der Waals surface area contributed by atoms with E-state index in [1.165, 1.54) is 12.1 Å². The van der Waals surface area contributed by atoms with E-state index in [0.717, 1.165) is 5.56 Å². The predicted octanol–water partition coefficient (Wildman–Crippen LogP) is -0.149. The first-order valence-electron chi connectivity index (χ1n) is 4.06. The fourth-order valence-electron chi connectivity index (χ4n) is 1.47. The predicted molar refractivity (Wildman–Crippen MR) is 51.4 cm³/mol. The van der Waals surface area contributed by atoms with Crippen LogP contribution in [0.25, 0.3) is 0 Å². The van der Waals surface area contributed by atoms with Gasteiger partial charge < -0.3 is 10.5 Å². The lowest BCUT2D eigenvalue weighted by Gasteiger charge is -2.05. The summed E-state index contributed by atoms with van der Waals surface area (Å²) < 4.78 is 27.4. The first kappa shape index (κ1) is 9.29. The molecule has 1 aromatic rings. The van der Waals surface area contributed by atoms with Gasteiger partial charge in [-0.1, -0.05) is 0 Å². The van der Waals surface area contributed by atoms with Gasteiger partial charge in [-0.2, -0.15) is 0 Å². The van der Waals surface area contributed by atoms with Crippen molar-refractivity contribution >= 4 is 15.7 Å². The van der Waals surface area contributed by atoms with Crippen LogP contribution < -0.4 is 15.6 Å². The summed E-state index contributed by atoms with van der Waals surface area (Å²) >= 11 is 0. The SMILES string of the molecule is Nc1cc(S(N)(=O)=O)cc2c1OCC2. The highest BCUT2D eigenvalue weighted by Gasteiger charge is 2.19. The highest BCUT2D eigenvalue weighted by Crippen LogP contribution is 2.33. The van der Waals surface area contributed by atoms with E-state index in [1.807, 2.05) is 0 Å². The number of fused-ring (bicyclic) bond motifs is 1. The fourth-order valence-corrected chi connectivity index (χ4v) is 2.07. The Hall–Kier alpha value is -1.27. The molecule has 14 heavy (non-hydrogen) atoms. The van der Waals surface area contributed by atoms with E-state index in [2.05, 4.69) is 0 Å². The van der Waals surface area contributed by atoms with Gasteiger partial charge in [0.2, 0.25) is 10.0 Å². The van der Waals surface area contributed by atoms with Gasteiger partial charge in [0.25, 0.3) is 0 Å². The number of nitrogens with two attached hydrogens (primary N) is 2. The third-order valence-corrected chi connectivity index (χ3v) is 3.01. The molecule has 1 aromatic carbocycles. The van der Waals surface area contributed by atoms with Crippen LogP contribution in [0.15, 0.2) is 17.0 Å². The Morgan fingerprint density at radius 3 is 2.71 bits per heavy atom. The third kappa shape index (κ3) is 1.42. The zero-order valence-electron chi connectivity index (χ0n) is 7.36. The number of benzene rings is 1. The largest absolute Gasteiger partial charge is 0.491 e. The molecular formula is C8H10N2O3S. The first-order valence-corrected chi connectivity index (χ1v) is 5.61. The molecule has 0 aliphatic carbocycles. The molecule has 0 aromatic heterocycles. The van der Waals surface area contributed by atoms with Crippen molar-refractivity contribution in [3.05, 3.63) is 17.7 Å². The Bertz CT molecular complexity index is 482. The van der Waals surface area contributed by atoms with Crippen LogP contribution >= 0.6 is 0 Å². The Labute approximate surface area is 81.7 Å². The zero-order chi connectivity index (χ0) is 10.3. The topological polar surface area (TPSA) is 95.4 Å². The molecule has 1 aliphatic heterocycles. The Kier molecular flexibility index (Phi) is 1.90. The second-order valence-corrected chi connectivity index (χ2v) is 4.71. The average molecular weight is 214 g/mol. The molecule has 1 heterocycles. The maximum Gasteiger partial charge on any atom is 0.238 e. The monoisotopic (exact) mass is 214 g/mol. The van der Waals surface area contributed by atoms with Crippen molar-refractivity contribution in [3.63, 3.8) is 0 Å². The molecule has 76 valence electrons. The summed E-state index contributed by atoms with van der Waals surface area (Å²) in [5, 5.41) is 5.00. The molecule has 0 fully saturated rings. The number of anilines is 1. The van der Waals surface area contributed by atoms with Gasteiger partial charge in [-0.05, 0) is 12.1 Å². The van der Waals surface area contributed by atoms with E-state index >= 15 is 0 Å². The zero-order valence-corrected chi connectivity index (χ0v) is 8.17. The second-order valence-electron chi connectivity index (χ2n) is 3.14. The summed E-state index contributed by atoms with van der Waals surface area (Å²) in [7, 11) is -3.68. The number of primary sulfonamides is 1. The third-order valence-electron chi connectivity index (χ3n) is 2.11. The Balaban J connectivity index is 2.64. The van der Waals surface area contributed by atoms with E-state index < -0.39 is 10.0 Å². The van der Waals surface area contributed by atoms with E-state index in [-0.39, 0.29) is 4.90 Å². The minimum Gasteiger partial charge on any atom is -0.491 e. The standard InChI is InChI=1S/C8H10N2O3S/c9-7-4-6(14(10,11)12)3-5-1-2-13-8(5)7/h3-4H,1-2,9H2,(H2,10,11,12). The summed E-state index contributed by atoms with van der Waals surface area (Å²) in [6.07, 6.45) is 0.670. The van der Waals surface area contributed by atoms with Crippen LogP contribution in [-0.2, 0) is 16.4 Å². The summed E-state index contributed by atoms with van der Waals surface area (Å²) in [5.74, 6) is 0.581. The summed E-state index contributed by atoms with van der Waals surface area (Å²) in [6, 6.07) is 2.83. The van der Waals surface area contributed by atoms with Crippen LogP contribution in [0.2, 0.25) is 0 Å². The van der Waals surface area contributed by atoms with Gasteiger partial charge in [0.05, 0.1) is 17.2 Å². The van der Waals surface area contributed by atoms with Gasteiger partial charge in [0.1, 0.15) is 5.75 Å². The molecule has 4 N–H and O–H groups in total. The van der Waals surface area contributed by atoms with Gasteiger partial charge in [0, 0.05) is 12.0 Å². The van der Waals surface area contributed by atoms with E-state index in [0.29, 0.717) is 24.5 Å². The molecular weight excluding hydrogens is 204 g/mol. The van der Waals surface area contributed by atoms with Crippen molar-refractivity contribution in [2.45, 2.75) is 11.3 Å². The second kappa shape index (κ2) is 2.86. The maximum absolute atomic E-state index is 11.1. The summed E-state index contributed by atoms with van der Waals surface area (Å²) in [5.41, 5.74) is 6.75. The van der Waals surface area contributed by atoms with E-state index in [9.17, 15) is 8.42 Å². The number of nitrogen functional groups attached to an aromatic ring is 1. The minimum absolute atomic E-state index is 0.0410. The van der Waals surface area contributed by atoms with Crippen molar-refractivity contribution < 1.29 is 13.2 Å². The maximum atomic E-state index is 11.1. The summed E-state index contributed by atoms with van der Waals surface area (Å²) in [4.78, 5) is 0.0410. The fraction of sp³-hybridized carbons (Fsp3) is 0.250. The molecule has 0 atom stereocenters. The normalized spacial score (nSPS) is 14.9. The van der Waals surface area contributed by atoms with Crippen LogP contribution in [0.5, 0.6) is 5.75 Å². The number of ether oxygens (including phenoxy) is 1. The summed E-state index contributed by atoms with van der Waals surface area (Å²) in [6.45, 7) is 0.535. The van der Waals surface area contributed by atoms with E-state index in [1.54, 1.807) is 0 Å². The Morgan fingerprint density at radius 2 is 2.07 bits per heavy atom. The van der Waals surface area contributed by atoms with Crippen molar-refractivity contribution in [1.29, 1.82) is 0 Å². The van der Waals surface area contributed by atoms with Crippen LogP contribution in [0.1, 0.15) is 5.56 Å². The lowest BCUT2D eigenvalue weighted by Crippen LogP contribution is -2.12. The number of hydrogen-bond donors (Lipinski definition) is 2. The molecule has 0 unspecified atom stereocenters.